The summed E-state index contributed by atoms with van der Waals surface area (Å²) in [6.45, 7) is 13.8. The van der Waals surface area contributed by atoms with Crippen LogP contribution in [0.15, 0.2) is 47.6 Å². The van der Waals surface area contributed by atoms with Crippen molar-refractivity contribution in [3.8, 4) is 0 Å². The summed E-state index contributed by atoms with van der Waals surface area (Å²) in [5.41, 5.74) is 2.78. The van der Waals surface area contributed by atoms with Gasteiger partial charge >= 0.3 is 0 Å². The summed E-state index contributed by atoms with van der Waals surface area (Å²) in [5.74, 6) is 1.23. The highest BCUT2D eigenvalue weighted by Crippen LogP contribution is 2.55. The standard InChI is InChI=1S/C29H38O2/c1-27(2,3)19-11-15-21(16-12-19)29(22-17-13-20(14-18-22)28(4,5)6)25(30)23-9-7-8-10-24(23)26(29)31/h7-10,15,17,19-20H,11-14,16,18H2,1-6H3. The van der Waals surface area contributed by atoms with Crippen LogP contribution in [-0.2, 0) is 0 Å². The van der Waals surface area contributed by atoms with Gasteiger partial charge in [-0.25, -0.2) is 0 Å². The van der Waals surface area contributed by atoms with Crippen LogP contribution in [0.5, 0.6) is 0 Å². The molecule has 4 rings (SSSR count). The Bertz CT molecular complexity index is 882. The minimum Gasteiger partial charge on any atom is -0.292 e. The van der Waals surface area contributed by atoms with Crippen LogP contribution >= 0.6 is 0 Å². The number of hydrogen-bond acceptors (Lipinski definition) is 2. The molecule has 3 aliphatic carbocycles. The number of ketones is 2. The maximum absolute atomic E-state index is 14.0. The van der Waals surface area contributed by atoms with Gasteiger partial charge in [0.1, 0.15) is 5.41 Å². The SMILES string of the molecule is CC(C)(C)C1CC=C(C2(C3=CCC(C(C)(C)C)CC3)C(=O)c3ccccc3C2=O)CC1. The first kappa shape index (κ1) is 22.2. The average molecular weight is 419 g/mol. The van der Waals surface area contributed by atoms with Gasteiger partial charge in [-0.15, -0.1) is 0 Å². The number of carbonyl (C=O) groups is 2. The molecule has 0 fully saturated rings. The largest absolute Gasteiger partial charge is 0.292 e. The van der Waals surface area contributed by atoms with Crippen molar-refractivity contribution in [1.29, 1.82) is 0 Å². The van der Waals surface area contributed by atoms with Gasteiger partial charge in [0.2, 0.25) is 0 Å². The summed E-state index contributed by atoms with van der Waals surface area (Å²) in [4.78, 5) is 28.0. The molecule has 0 N–H and O–H groups in total. The van der Waals surface area contributed by atoms with E-state index in [4.69, 9.17) is 0 Å². The van der Waals surface area contributed by atoms with Crippen LogP contribution < -0.4 is 0 Å². The van der Waals surface area contributed by atoms with Gasteiger partial charge < -0.3 is 0 Å². The minimum absolute atomic E-state index is 0.0222. The summed E-state index contributed by atoms with van der Waals surface area (Å²) in [6.07, 6.45) is 10.2. The lowest BCUT2D eigenvalue weighted by atomic mass is 9.60. The lowest BCUT2D eigenvalue weighted by Gasteiger charge is -2.41. The van der Waals surface area contributed by atoms with Gasteiger partial charge in [-0.05, 0) is 72.3 Å². The van der Waals surface area contributed by atoms with Crippen molar-refractivity contribution in [3.63, 3.8) is 0 Å². The molecular weight excluding hydrogens is 380 g/mol. The first-order valence-corrected chi connectivity index (χ1v) is 12.0. The molecule has 1 aromatic rings. The topological polar surface area (TPSA) is 34.1 Å². The molecule has 0 aliphatic heterocycles. The fraction of sp³-hybridized carbons (Fsp3) is 0.586. The Balaban J connectivity index is 1.80. The van der Waals surface area contributed by atoms with E-state index >= 15 is 0 Å². The molecule has 0 spiro atoms. The molecule has 2 nitrogen and oxygen atoms in total. The molecule has 0 saturated carbocycles. The number of rotatable bonds is 2. The van der Waals surface area contributed by atoms with E-state index in [2.05, 4.69) is 53.7 Å². The Morgan fingerprint density at radius 3 is 1.39 bits per heavy atom. The third kappa shape index (κ3) is 3.56. The number of Topliss-reactive ketones (excluding diaryl/α,β-unsaturated/α-hetero) is 2. The van der Waals surface area contributed by atoms with E-state index in [0.29, 0.717) is 23.0 Å². The summed E-state index contributed by atoms with van der Waals surface area (Å²) in [6, 6.07) is 7.46. The molecule has 0 radical (unpaired) electrons. The maximum atomic E-state index is 14.0. The van der Waals surface area contributed by atoms with E-state index in [1.165, 1.54) is 0 Å². The molecule has 1 aromatic carbocycles. The van der Waals surface area contributed by atoms with Gasteiger partial charge in [-0.3, -0.25) is 9.59 Å². The highest BCUT2D eigenvalue weighted by atomic mass is 16.2. The summed E-state index contributed by atoms with van der Waals surface area (Å²) < 4.78 is 0. The lowest BCUT2D eigenvalue weighted by molar-refractivity contribution is 0.0766. The number of allylic oxidation sites excluding steroid dienone is 4. The maximum Gasteiger partial charge on any atom is 0.185 e. The van der Waals surface area contributed by atoms with Crippen LogP contribution in [0.2, 0.25) is 0 Å². The molecule has 0 bridgehead atoms. The van der Waals surface area contributed by atoms with Crippen LogP contribution in [0.25, 0.3) is 0 Å². The highest BCUT2D eigenvalue weighted by Gasteiger charge is 2.57. The van der Waals surface area contributed by atoms with E-state index in [-0.39, 0.29) is 22.4 Å². The monoisotopic (exact) mass is 418 g/mol. The fourth-order valence-corrected chi connectivity index (χ4v) is 6.10. The Morgan fingerprint density at radius 2 is 1.10 bits per heavy atom. The van der Waals surface area contributed by atoms with Gasteiger partial charge in [0.25, 0.3) is 0 Å². The average Bonchev–Trinajstić information content (AvgIpc) is 2.95. The van der Waals surface area contributed by atoms with Gasteiger partial charge in [0.05, 0.1) is 0 Å². The van der Waals surface area contributed by atoms with E-state index in [0.717, 1.165) is 49.7 Å². The third-order valence-electron chi connectivity index (χ3n) is 8.33. The molecule has 3 aliphatic rings. The van der Waals surface area contributed by atoms with Gasteiger partial charge in [-0.2, -0.15) is 0 Å². The molecule has 166 valence electrons. The second-order valence-electron chi connectivity index (χ2n) is 12.1. The first-order valence-electron chi connectivity index (χ1n) is 12.0. The zero-order chi connectivity index (χ0) is 22.6. The second-order valence-corrected chi connectivity index (χ2v) is 12.1. The van der Waals surface area contributed by atoms with Crippen molar-refractivity contribution in [1.82, 2.24) is 0 Å². The molecule has 0 amide bonds. The second kappa shape index (κ2) is 7.57. The van der Waals surface area contributed by atoms with E-state index in [9.17, 15) is 9.59 Å². The van der Waals surface area contributed by atoms with Crippen molar-refractivity contribution in [2.75, 3.05) is 0 Å². The zero-order valence-corrected chi connectivity index (χ0v) is 20.2. The summed E-state index contributed by atoms with van der Waals surface area (Å²) in [5, 5.41) is 0. The molecule has 0 heterocycles. The molecular formula is C29H38O2. The fourth-order valence-electron chi connectivity index (χ4n) is 6.10. The molecule has 0 saturated heterocycles. The highest BCUT2D eigenvalue weighted by molar-refractivity contribution is 6.33. The molecule has 2 atom stereocenters. The summed E-state index contributed by atoms with van der Waals surface area (Å²) >= 11 is 0. The molecule has 2 unspecified atom stereocenters. The van der Waals surface area contributed by atoms with Crippen molar-refractivity contribution in [2.24, 2.45) is 28.1 Å². The van der Waals surface area contributed by atoms with Gasteiger partial charge in [0.15, 0.2) is 11.6 Å². The molecule has 2 heteroatoms. The summed E-state index contributed by atoms with van der Waals surface area (Å²) in [7, 11) is 0. The number of hydrogen-bond donors (Lipinski definition) is 0. The van der Waals surface area contributed by atoms with Crippen molar-refractivity contribution in [2.45, 2.75) is 80.1 Å². The van der Waals surface area contributed by atoms with E-state index in [1.54, 1.807) is 0 Å². The van der Waals surface area contributed by atoms with Crippen LogP contribution in [0.1, 0.15) is 101 Å². The minimum atomic E-state index is -1.07. The third-order valence-corrected chi connectivity index (χ3v) is 8.33. The normalized spacial score (nSPS) is 26.4. The first-order chi connectivity index (χ1) is 14.5. The van der Waals surface area contributed by atoms with Crippen molar-refractivity contribution in [3.05, 3.63) is 58.7 Å². The smallest absolute Gasteiger partial charge is 0.185 e. The lowest BCUT2D eigenvalue weighted by Crippen LogP contribution is -2.40. The number of carbonyl (C=O) groups excluding carboxylic acids is 2. The van der Waals surface area contributed by atoms with Gasteiger partial charge in [-0.1, -0.05) is 78.0 Å². The molecule has 31 heavy (non-hydrogen) atoms. The predicted octanol–water partition coefficient (Wildman–Crippen LogP) is 7.60. The molecule has 0 aromatic heterocycles. The van der Waals surface area contributed by atoms with Crippen LogP contribution in [0, 0.1) is 28.1 Å². The Hall–Kier alpha value is -1.96. The quantitative estimate of drug-likeness (QED) is 0.366. The predicted molar refractivity (Wildman–Crippen MR) is 127 cm³/mol. The van der Waals surface area contributed by atoms with E-state index in [1.807, 2.05) is 24.3 Å². The zero-order valence-electron chi connectivity index (χ0n) is 20.2. The van der Waals surface area contributed by atoms with Crippen LogP contribution in [0.4, 0.5) is 0 Å². The van der Waals surface area contributed by atoms with E-state index < -0.39 is 5.41 Å². The number of benzene rings is 1. The van der Waals surface area contributed by atoms with Crippen LogP contribution in [-0.4, -0.2) is 11.6 Å². The Kier molecular flexibility index (Phi) is 5.43. The van der Waals surface area contributed by atoms with Crippen molar-refractivity contribution < 1.29 is 9.59 Å². The van der Waals surface area contributed by atoms with Crippen molar-refractivity contribution >= 4 is 11.6 Å². The van der Waals surface area contributed by atoms with Gasteiger partial charge in [0, 0.05) is 11.1 Å². The van der Waals surface area contributed by atoms with Crippen LogP contribution in [0.3, 0.4) is 0 Å². The Morgan fingerprint density at radius 1 is 0.710 bits per heavy atom. The Labute approximate surface area is 188 Å². The number of fused-ring (bicyclic) bond motifs is 1.